The van der Waals surface area contributed by atoms with E-state index in [1.165, 1.54) is 12.0 Å². The van der Waals surface area contributed by atoms with Crippen LogP contribution in [0, 0.1) is 0 Å². The predicted molar refractivity (Wildman–Crippen MR) is 46.1 cm³/mol. The van der Waals surface area contributed by atoms with Gasteiger partial charge in [0.05, 0.1) is 6.20 Å². The summed E-state index contributed by atoms with van der Waals surface area (Å²) < 4.78 is 0. The van der Waals surface area contributed by atoms with E-state index in [1.807, 2.05) is 12.4 Å². The van der Waals surface area contributed by atoms with E-state index < -0.39 is 0 Å². The van der Waals surface area contributed by atoms with Crippen molar-refractivity contribution in [3.63, 3.8) is 0 Å². The van der Waals surface area contributed by atoms with Crippen LogP contribution in [0.15, 0.2) is 12.4 Å². The van der Waals surface area contributed by atoms with Crippen molar-refractivity contribution in [3.05, 3.63) is 18.0 Å². The quantitative estimate of drug-likeness (QED) is 0.663. The zero-order valence-corrected chi connectivity index (χ0v) is 7.03. The van der Waals surface area contributed by atoms with Crippen molar-refractivity contribution >= 4 is 12.4 Å². The van der Waals surface area contributed by atoms with Gasteiger partial charge in [0.1, 0.15) is 0 Å². The largest absolute Gasteiger partial charge is 0.316 e. The fourth-order valence-corrected chi connectivity index (χ4v) is 1.42. The van der Waals surface area contributed by atoms with E-state index in [0.717, 1.165) is 13.1 Å². The third kappa shape index (κ3) is 1.73. The Labute approximate surface area is 72.0 Å². The minimum Gasteiger partial charge on any atom is -0.316 e. The predicted octanol–water partition coefficient (Wildman–Crippen LogP) is 0.908. The van der Waals surface area contributed by atoms with Gasteiger partial charge in [0.15, 0.2) is 0 Å². The first-order valence-corrected chi connectivity index (χ1v) is 3.66. The van der Waals surface area contributed by atoms with Crippen LogP contribution < -0.4 is 5.32 Å². The first-order chi connectivity index (χ1) is 4.97. The number of rotatable bonds is 1. The molecule has 2 heterocycles. The molecule has 11 heavy (non-hydrogen) atoms. The Bertz CT molecular complexity index is 191. The Kier molecular flexibility index (Phi) is 2.91. The van der Waals surface area contributed by atoms with Gasteiger partial charge in [0.2, 0.25) is 0 Å². The molecule has 0 aromatic carbocycles. The third-order valence-corrected chi connectivity index (χ3v) is 2.05. The summed E-state index contributed by atoms with van der Waals surface area (Å²) in [6.45, 7) is 2.26. The highest BCUT2D eigenvalue weighted by atomic mass is 35.5. The van der Waals surface area contributed by atoms with Crippen LogP contribution in [0.2, 0.25) is 0 Å². The fourth-order valence-electron chi connectivity index (χ4n) is 1.42. The molecule has 2 rings (SSSR count). The van der Waals surface area contributed by atoms with Gasteiger partial charge in [-0.3, -0.25) is 5.10 Å². The number of halogens is 1. The summed E-state index contributed by atoms with van der Waals surface area (Å²) in [5.74, 6) is 0.693. The smallest absolute Gasteiger partial charge is 0.0522 e. The van der Waals surface area contributed by atoms with Gasteiger partial charge in [-0.15, -0.1) is 12.4 Å². The molecular formula is C7H12ClN3. The molecule has 1 saturated heterocycles. The van der Waals surface area contributed by atoms with E-state index >= 15 is 0 Å². The van der Waals surface area contributed by atoms with Crippen LogP contribution in [0.4, 0.5) is 0 Å². The molecule has 1 fully saturated rings. The number of H-pyrrole nitrogens is 1. The molecule has 0 bridgehead atoms. The Hall–Kier alpha value is -0.540. The number of aromatic amines is 1. The average Bonchev–Trinajstić information content (AvgIpc) is 2.59. The molecule has 1 atom stereocenters. The van der Waals surface area contributed by atoms with Crippen molar-refractivity contribution in [2.24, 2.45) is 0 Å². The molecule has 1 aliphatic rings. The first-order valence-electron chi connectivity index (χ1n) is 3.66. The van der Waals surface area contributed by atoms with Crippen LogP contribution in [0.3, 0.4) is 0 Å². The molecule has 0 unspecified atom stereocenters. The van der Waals surface area contributed by atoms with Crippen molar-refractivity contribution in [3.8, 4) is 0 Å². The van der Waals surface area contributed by atoms with Crippen LogP contribution in [0.5, 0.6) is 0 Å². The van der Waals surface area contributed by atoms with E-state index in [1.54, 1.807) is 0 Å². The summed E-state index contributed by atoms with van der Waals surface area (Å²) in [6.07, 6.45) is 5.15. The minimum absolute atomic E-state index is 0. The maximum atomic E-state index is 3.91. The lowest BCUT2D eigenvalue weighted by molar-refractivity contribution is 0.764. The second-order valence-corrected chi connectivity index (χ2v) is 2.72. The monoisotopic (exact) mass is 173 g/mol. The van der Waals surface area contributed by atoms with Crippen LogP contribution in [0.25, 0.3) is 0 Å². The summed E-state index contributed by atoms with van der Waals surface area (Å²) in [5.41, 5.74) is 1.34. The van der Waals surface area contributed by atoms with Crippen LogP contribution >= 0.6 is 12.4 Å². The molecule has 3 nitrogen and oxygen atoms in total. The zero-order chi connectivity index (χ0) is 6.81. The normalized spacial score (nSPS) is 23.1. The molecule has 0 saturated carbocycles. The Morgan fingerprint density at radius 3 is 3.00 bits per heavy atom. The van der Waals surface area contributed by atoms with Crippen molar-refractivity contribution in [1.29, 1.82) is 0 Å². The van der Waals surface area contributed by atoms with Gasteiger partial charge in [0, 0.05) is 18.7 Å². The molecular weight excluding hydrogens is 162 g/mol. The number of aromatic nitrogens is 2. The maximum Gasteiger partial charge on any atom is 0.0522 e. The van der Waals surface area contributed by atoms with Crippen molar-refractivity contribution < 1.29 is 0 Å². The van der Waals surface area contributed by atoms with E-state index in [2.05, 4.69) is 15.5 Å². The number of nitrogens with zero attached hydrogens (tertiary/aromatic N) is 1. The minimum atomic E-state index is 0. The highest BCUT2D eigenvalue weighted by Crippen LogP contribution is 2.19. The SMILES string of the molecule is Cl.c1n[nH]cc1[C@H]1CCNC1. The lowest BCUT2D eigenvalue weighted by Crippen LogP contribution is -2.07. The molecule has 0 aliphatic carbocycles. The van der Waals surface area contributed by atoms with Gasteiger partial charge in [0.25, 0.3) is 0 Å². The Morgan fingerprint density at radius 1 is 1.55 bits per heavy atom. The molecule has 0 spiro atoms. The molecule has 1 aliphatic heterocycles. The van der Waals surface area contributed by atoms with E-state index in [0.29, 0.717) is 5.92 Å². The third-order valence-electron chi connectivity index (χ3n) is 2.05. The molecule has 1 aromatic rings. The summed E-state index contributed by atoms with van der Waals surface area (Å²) in [4.78, 5) is 0. The van der Waals surface area contributed by atoms with Crippen LogP contribution in [0.1, 0.15) is 17.9 Å². The van der Waals surface area contributed by atoms with Gasteiger partial charge in [-0.1, -0.05) is 0 Å². The Balaban J connectivity index is 0.000000605. The van der Waals surface area contributed by atoms with Gasteiger partial charge in [-0.05, 0) is 18.5 Å². The fraction of sp³-hybridized carbons (Fsp3) is 0.571. The van der Waals surface area contributed by atoms with Gasteiger partial charge < -0.3 is 5.32 Å². The highest BCUT2D eigenvalue weighted by Gasteiger charge is 2.16. The molecule has 2 N–H and O–H groups in total. The second-order valence-electron chi connectivity index (χ2n) is 2.72. The van der Waals surface area contributed by atoms with Gasteiger partial charge >= 0.3 is 0 Å². The molecule has 0 radical (unpaired) electrons. The summed E-state index contributed by atoms with van der Waals surface area (Å²) in [7, 11) is 0. The second kappa shape index (κ2) is 3.74. The molecule has 62 valence electrons. The van der Waals surface area contributed by atoms with E-state index in [-0.39, 0.29) is 12.4 Å². The van der Waals surface area contributed by atoms with Crippen molar-refractivity contribution in [1.82, 2.24) is 15.5 Å². The number of hydrogen-bond acceptors (Lipinski definition) is 2. The summed E-state index contributed by atoms with van der Waals surface area (Å²) >= 11 is 0. The zero-order valence-electron chi connectivity index (χ0n) is 6.21. The van der Waals surface area contributed by atoms with E-state index in [4.69, 9.17) is 0 Å². The highest BCUT2D eigenvalue weighted by molar-refractivity contribution is 5.85. The van der Waals surface area contributed by atoms with Crippen LogP contribution in [-0.4, -0.2) is 23.3 Å². The average molecular weight is 174 g/mol. The number of nitrogens with one attached hydrogen (secondary N) is 2. The van der Waals surface area contributed by atoms with Gasteiger partial charge in [-0.2, -0.15) is 5.10 Å². The first kappa shape index (κ1) is 8.56. The lowest BCUT2D eigenvalue weighted by atomic mass is 10.0. The standard InChI is InChI=1S/C7H11N3.ClH/c1-2-8-3-6(1)7-4-9-10-5-7;/h4-6,8H,1-3H2,(H,9,10);1H/t6-;/m0./s1. The van der Waals surface area contributed by atoms with Crippen molar-refractivity contribution in [2.75, 3.05) is 13.1 Å². The molecule has 4 heteroatoms. The lowest BCUT2D eigenvalue weighted by Gasteiger charge is -2.01. The van der Waals surface area contributed by atoms with E-state index in [9.17, 15) is 0 Å². The topological polar surface area (TPSA) is 40.7 Å². The Morgan fingerprint density at radius 2 is 2.45 bits per heavy atom. The van der Waals surface area contributed by atoms with Crippen molar-refractivity contribution in [2.45, 2.75) is 12.3 Å². The van der Waals surface area contributed by atoms with Crippen LogP contribution in [-0.2, 0) is 0 Å². The summed E-state index contributed by atoms with van der Waals surface area (Å²) in [5, 5.41) is 10.1. The van der Waals surface area contributed by atoms with Gasteiger partial charge in [-0.25, -0.2) is 0 Å². The maximum absolute atomic E-state index is 3.91. The molecule has 0 amide bonds. The molecule has 1 aromatic heterocycles. The summed E-state index contributed by atoms with van der Waals surface area (Å²) in [6, 6.07) is 0. The number of hydrogen-bond donors (Lipinski definition) is 2.